The minimum Gasteiger partial charge on any atom is -0.371 e. The molecule has 0 bridgehead atoms. The van der Waals surface area contributed by atoms with Gasteiger partial charge >= 0.3 is 34.6 Å². The number of aryl methyl sites for hydroxylation is 2. The fraction of sp³-hybridized carbons (Fsp3) is 0.562. The largest absolute Gasteiger partial charge is 0.416 e. The van der Waals surface area contributed by atoms with Crippen LogP contribution in [0, 0.1) is 18.8 Å². The monoisotopic (exact) mass is 772 g/mol. The Morgan fingerprint density at radius 3 is 1.92 bits per heavy atom. The molecule has 20 heteroatoms. The van der Waals surface area contributed by atoms with Crippen LogP contribution in [0.4, 0.5) is 51.1 Å². The number of halogens is 9. The molecule has 1 aliphatic carbocycles. The Labute approximate surface area is 294 Å². The van der Waals surface area contributed by atoms with Crippen molar-refractivity contribution in [3.8, 4) is 0 Å². The van der Waals surface area contributed by atoms with Gasteiger partial charge in [-0.05, 0) is 104 Å². The van der Waals surface area contributed by atoms with Crippen molar-refractivity contribution in [2.45, 2.75) is 77.6 Å². The van der Waals surface area contributed by atoms with E-state index in [0.717, 1.165) is 22.0 Å². The summed E-state index contributed by atoms with van der Waals surface area (Å²) in [5.41, 5.74) is -4.21. The molecule has 0 amide bonds. The highest BCUT2D eigenvalue weighted by Crippen LogP contribution is 2.40. The third kappa shape index (κ3) is 11.0. The van der Waals surface area contributed by atoms with Crippen LogP contribution in [0.25, 0.3) is 0 Å². The standard InChI is InChI=1S/C32H37F9N6O4S/c1-5-46(16-21-8-6-20(7-9-21)13-28(48)51-52(4,49)50)27-10-19(2)26(32(39,40)41)14-23(27)18-47(29-42-44-45(3)43-29)17-22-11-24(30(33,34)35)15-25(12-22)31(36,37)38/h10-12,14-15,20-21H,5-9,13,16-18H2,1-4H3. The summed E-state index contributed by atoms with van der Waals surface area (Å²) in [5.74, 6) is -1.19. The number of nitrogens with zero attached hydrogens (tertiary/aromatic N) is 6. The SMILES string of the molecule is CCN(CC1CCC(CC(=O)OS(C)(=O)=O)CC1)c1cc(C)c(C(F)(F)F)cc1CN(Cc1cc(C(F)(F)F)cc(C(F)(F)F)c1)c1nnn(C)n1. The number of hydrogen-bond acceptors (Lipinski definition) is 9. The van der Waals surface area contributed by atoms with E-state index < -0.39 is 70.0 Å². The second-order valence-corrected chi connectivity index (χ2v) is 14.5. The molecule has 1 aliphatic rings. The zero-order valence-electron chi connectivity index (χ0n) is 28.5. The molecule has 0 radical (unpaired) electrons. The molecule has 52 heavy (non-hydrogen) atoms. The maximum absolute atomic E-state index is 14.2. The van der Waals surface area contributed by atoms with Crippen LogP contribution in [-0.4, -0.2) is 53.9 Å². The predicted octanol–water partition coefficient (Wildman–Crippen LogP) is 7.31. The summed E-state index contributed by atoms with van der Waals surface area (Å²) < 4.78 is 152. The summed E-state index contributed by atoms with van der Waals surface area (Å²) in [6.07, 6.45) is -12.0. The van der Waals surface area contributed by atoms with Crippen molar-refractivity contribution in [3.63, 3.8) is 0 Å². The Morgan fingerprint density at radius 1 is 0.865 bits per heavy atom. The molecule has 0 spiro atoms. The number of anilines is 2. The lowest BCUT2D eigenvalue weighted by Crippen LogP contribution is -2.34. The Kier molecular flexibility index (Phi) is 12.1. The molecule has 288 valence electrons. The molecular formula is C32H37F9N6O4S. The lowest BCUT2D eigenvalue weighted by atomic mass is 9.80. The van der Waals surface area contributed by atoms with E-state index in [1.165, 1.54) is 20.0 Å². The maximum atomic E-state index is 14.2. The molecular weight excluding hydrogens is 735 g/mol. The molecule has 2 aromatic carbocycles. The van der Waals surface area contributed by atoms with Crippen molar-refractivity contribution in [2.24, 2.45) is 18.9 Å². The van der Waals surface area contributed by atoms with E-state index in [1.54, 1.807) is 6.92 Å². The molecule has 0 N–H and O–H groups in total. The van der Waals surface area contributed by atoms with Gasteiger partial charge in [-0.25, -0.2) is 0 Å². The van der Waals surface area contributed by atoms with Crippen LogP contribution in [0.3, 0.4) is 0 Å². The third-order valence-electron chi connectivity index (χ3n) is 8.76. The number of carbonyl (C=O) groups is 1. The first-order valence-corrected chi connectivity index (χ1v) is 17.9. The topological polar surface area (TPSA) is 111 Å². The molecule has 0 aliphatic heterocycles. The highest BCUT2D eigenvalue weighted by molar-refractivity contribution is 7.86. The number of rotatable bonds is 12. The summed E-state index contributed by atoms with van der Waals surface area (Å²) in [6.45, 7) is 2.67. The summed E-state index contributed by atoms with van der Waals surface area (Å²) >= 11 is 0. The van der Waals surface area contributed by atoms with Gasteiger partial charge in [0, 0.05) is 38.3 Å². The molecule has 0 unspecified atom stereocenters. The highest BCUT2D eigenvalue weighted by atomic mass is 32.2. The smallest absolute Gasteiger partial charge is 0.371 e. The second-order valence-electron chi connectivity index (χ2n) is 12.9. The van der Waals surface area contributed by atoms with E-state index in [1.807, 2.05) is 4.90 Å². The van der Waals surface area contributed by atoms with Crippen LogP contribution < -0.4 is 9.80 Å². The van der Waals surface area contributed by atoms with Gasteiger partial charge in [0.05, 0.1) is 30.0 Å². The quantitative estimate of drug-likeness (QED) is 0.138. The van der Waals surface area contributed by atoms with E-state index in [4.69, 9.17) is 0 Å². The van der Waals surface area contributed by atoms with Gasteiger partial charge in [-0.2, -0.15) is 52.7 Å². The first-order valence-electron chi connectivity index (χ1n) is 16.1. The molecule has 1 aromatic heterocycles. The molecule has 0 saturated heterocycles. The highest BCUT2D eigenvalue weighted by Gasteiger charge is 2.38. The number of benzene rings is 2. The lowest BCUT2D eigenvalue weighted by Gasteiger charge is -2.35. The minimum atomic E-state index is -5.13. The van der Waals surface area contributed by atoms with E-state index in [0.29, 0.717) is 56.6 Å². The van der Waals surface area contributed by atoms with E-state index in [9.17, 15) is 52.7 Å². The Bertz CT molecular complexity index is 1800. The molecule has 1 saturated carbocycles. The molecule has 10 nitrogen and oxygen atoms in total. The first-order chi connectivity index (χ1) is 23.9. The lowest BCUT2D eigenvalue weighted by molar-refractivity contribution is -0.143. The number of alkyl halides is 9. The number of tetrazole rings is 1. The molecule has 1 fully saturated rings. The van der Waals surface area contributed by atoms with Crippen molar-refractivity contribution in [1.29, 1.82) is 0 Å². The van der Waals surface area contributed by atoms with Gasteiger partial charge in [0.25, 0.3) is 5.95 Å². The zero-order chi connectivity index (χ0) is 38.8. The van der Waals surface area contributed by atoms with Crippen LogP contribution in [0.5, 0.6) is 0 Å². The van der Waals surface area contributed by atoms with Gasteiger partial charge in [0.2, 0.25) is 0 Å². The Morgan fingerprint density at radius 2 is 1.44 bits per heavy atom. The number of aromatic nitrogens is 4. The van der Waals surface area contributed by atoms with Crippen LogP contribution in [0.15, 0.2) is 30.3 Å². The minimum absolute atomic E-state index is 0.0179. The molecule has 3 aromatic rings. The van der Waals surface area contributed by atoms with Gasteiger partial charge in [-0.15, -0.1) is 5.10 Å². The van der Waals surface area contributed by atoms with Crippen molar-refractivity contribution >= 4 is 27.7 Å². The predicted molar refractivity (Wildman–Crippen MR) is 170 cm³/mol. The van der Waals surface area contributed by atoms with E-state index in [2.05, 4.69) is 19.6 Å². The van der Waals surface area contributed by atoms with Crippen molar-refractivity contribution in [1.82, 2.24) is 20.2 Å². The van der Waals surface area contributed by atoms with E-state index >= 15 is 0 Å². The second kappa shape index (κ2) is 15.5. The Hall–Kier alpha value is -4.10. The summed E-state index contributed by atoms with van der Waals surface area (Å²) in [4.78, 5) is 16.0. The average molecular weight is 773 g/mol. The normalized spacial score (nSPS) is 17.2. The third-order valence-corrected chi connectivity index (χ3v) is 9.25. The van der Waals surface area contributed by atoms with Crippen LogP contribution in [0.1, 0.15) is 72.4 Å². The number of carbonyl (C=O) groups excluding carboxylic acids is 1. The van der Waals surface area contributed by atoms with Gasteiger partial charge in [0.15, 0.2) is 0 Å². The van der Waals surface area contributed by atoms with Gasteiger partial charge in [-0.3, -0.25) is 4.79 Å². The maximum Gasteiger partial charge on any atom is 0.416 e. The molecule has 4 rings (SSSR count). The van der Waals surface area contributed by atoms with E-state index in [-0.39, 0.29) is 41.4 Å². The van der Waals surface area contributed by atoms with Crippen molar-refractivity contribution in [3.05, 3.63) is 63.7 Å². The summed E-state index contributed by atoms with van der Waals surface area (Å²) in [5, 5.41) is 11.6. The van der Waals surface area contributed by atoms with Crippen LogP contribution >= 0.6 is 0 Å². The summed E-state index contributed by atoms with van der Waals surface area (Å²) in [6, 6.07) is 3.31. The first kappa shape index (κ1) is 40.7. The fourth-order valence-electron chi connectivity index (χ4n) is 6.36. The van der Waals surface area contributed by atoms with Gasteiger partial charge < -0.3 is 14.0 Å². The summed E-state index contributed by atoms with van der Waals surface area (Å²) in [7, 11) is -2.58. The van der Waals surface area contributed by atoms with Crippen molar-refractivity contribution < 1.29 is 56.9 Å². The van der Waals surface area contributed by atoms with Crippen LogP contribution in [-0.2, 0) is 57.8 Å². The Balaban J connectivity index is 1.69. The molecule has 0 atom stereocenters. The van der Waals surface area contributed by atoms with Gasteiger partial charge in [0.1, 0.15) is 0 Å². The molecule has 1 heterocycles. The zero-order valence-corrected chi connectivity index (χ0v) is 29.3. The van der Waals surface area contributed by atoms with Gasteiger partial charge in [-0.1, -0.05) is 5.10 Å². The fourth-order valence-corrected chi connectivity index (χ4v) is 6.77. The van der Waals surface area contributed by atoms with Crippen LogP contribution in [0.2, 0.25) is 0 Å². The average Bonchev–Trinajstić information content (AvgIpc) is 3.44. The number of hydrogen-bond donors (Lipinski definition) is 0. The van der Waals surface area contributed by atoms with Crippen molar-refractivity contribution in [2.75, 3.05) is 29.1 Å².